The SMILES string of the molecule is O=C1CCC(N2C(=O)C3=c4c2cc(C(F)(F)F)cc4=CCC3)C(=O)N1. The third-order valence-corrected chi connectivity index (χ3v) is 4.79. The standard InChI is InChI=1S/C17H13F3N2O3/c18-17(19,20)9-6-8-2-1-3-10-14(8)12(7-9)22(16(10)25)11-4-5-13(23)21-15(11)24/h2,6-7,11H,1,3-5H2,(H,21,23,24). The highest BCUT2D eigenvalue weighted by Crippen LogP contribution is 2.34. The van der Waals surface area contributed by atoms with Gasteiger partial charge < -0.3 is 0 Å². The molecule has 0 saturated carbocycles. The van der Waals surface area contributed by atoms with Gasteiger partial charge in [0.05, 0.1) is 11.3 Å². The van der Waals surface area contributed by atoms with Crippen molar-refractivity contribution in [3.63, 3.8) is 0 Å². The fraction of sp³-hybridized carbons (Fsp3) is 0.353. The maximum atomic E-state index is 13.2. The van der Waals surface area contributed by atoms with Gasteiger partial charge in [-0.1, -0.05) is 6.08 Å². The van der Waals surface area contributed by atoms with E-state index in [2.05, 4.69) is 5.32 Å². The zero-order valence-corrected chi connectivity index (χ0v) is 12.9. The molecule has 0 bridgehead atoms. The van der Waals surface area contributed by atoms with E-state index in [9.17, 15) is 27.6 Å². The number of carbonyl (C=O) groups is 3. The Morgan fingerprint density at radius 1 is 1.12 bits per heavy atom. The molecule has 1 saturated heterocycles. The van der Waals surface area contributed by atoms with Crippen molar-refractivity contribution in [2.45, 2.75) is 37.9 Å². The summed E-state index contributed by atoms with van der Waals surface area (Å²) in [5.41, 5.74) is -0.313. The van der Waals surface area contributed by atoms with Crippen molar-refractivity contribution in [2.24, 2.45) is 0 Å². The van der Waals surface area contributed by atoms with Gasteiger partial charge in [0, 0.05) is 17.2 Å². The molecule has 3 aliphatic rings. The van der Waals surface area contributed by atoms with Crippen molar-refractivity contribution < 1.29 is 27.6 Å². The lowest BCUT2D eigenvalue weighted by molar-refractivity contribution is -0.137. The number of piperidine rings is 1. The monoisotopic (exact) mass is 350 g/mol. The van der Waals surface area contributed by atoms with Gasteiger partial charge in [0.1, 0.15) is 6.04 Å². The molecule has 5 nitrogen and oxygen atoms in total. The summed E-state index contributed by atoms with van der Waals surface area (Å²) in [6.45, 7) is 0. The number of imide groups is 1. The normalized spacial score (nSPS) is 22.7. The van der Waals surface area contributed by atoms with Crippen LogP contribution in [0.15, 0.2) is 12.1 Å². The second-order valence-electron chi connectivity index (χ2n) is 6.32. The second kappa shape index (κ2) is 5.18. The van der Waals surface area contributed by atoms with Gasteiger partial charge in [-0.2, -0.15) is 13.2 Å². The minimum absolute atomic E-state index is 0.0444. The van der Waals surface area contributed by atoms with E-state index in [1.807, 2.05) is 0 Å². The van der Waals surface area contributed by atoms with E-state index in [-0.39, 0.29) is 18.5 Å². The summed E-state index contributed by atoms with van der Waals surface area (Å²) in [6.07, 6.45) is -1.84. The van der Waals surface area contributed by atoms with Gasteiger partial charge in [-0.3, -0.25) is 24.6 Å². The maximum absolute atomic E-state index is 13.2. The maximum Gasteiger partial charge on any atom is 0.416 e. The highest BCUT2D eigenvalue weighted by atomic mass is 19.4. The minimum Gasteiger partial charge on any atom is -0.295 e. The molecule has 8 heteroatoms. The molecule has 130 valence electrons. The Labute approximate surface area is 139 Å². The van der Waals surface area contributed by atoms with Gasteiger partial charge in [-0.25, -0.2) is 0 Å². The molecular weight excluding hydrogens is 337 g/mol. The van der Waals surface area contributed by atoms with E-state index < -0.39 is 35.5 Å². The molecule has 0 aromatic heterocycles. The number of carbonyl (C=O) groups excluding carboxylic acids is 3. The van der Waals surface area contributed by atoms with Crippen LogP contribution in [0.25, 0.3) is 11.6 Å². The number of rotatable bonds is 1. The van der Waals surface area contributed by atoms with Crippen molar-refractivity contribution in [3.05, 3.63) is 28.1 Å². The van der Waals surface area contributed by atoms with Crippen LogP contribution in [0.4, 0.5) is 18.9 Å². The largest absolute Gasteiger partial charge is 0.416 e. The van der Waals surface area contributed by atoms with Crippen LogP contribution in [-0.4, -0.2) is 23.8 Å². The van der Waals surface area contributed by atoms with E-state index in [4.69, 9.17) is 0 Å². The Balaban J connectivity index is 1.90. The highest BCUT2D eigenvalue weighted by Gasteiger charge is 2.42. The van der Waals surface area contributed by atoms with Crippen LogP contribution in [0.3, 0.4) is 0 Å². The van der Waals surface area contributed by atoms with E-state index in [1.165, 1.54) is 0 Å². The quantitative estimate of drug-likeness (QED) is 0.754. The average molecular weight is 350 g/mol. The first-order valence-corrected chi connectivity index (χ1v) is 7.89. The molecule has 1 aromatic rings. The predicted molar refractivity (Wildman–Crippen MR) is 81.5 cm³/mol. The third-order valence-electron chi connectivity index (χ3n) is 4.79. The van der Waals surface area contributed by atoms with Crippen molar-refractivity contribution in [2.75, 3.05) is 4.90 Å². The average Bonchev–Trinajstić information content (AvgIpc) is 2.81. The summed E-state index contributed by atoms with van der Waals surface area (Å²) in [5.74, 6) is -1.54. The molecule has 1 unspecified atom stereocenters. The summed E-state index contributed by atoms with van der Waals surface area (Å²) in [7, 11) is 0. The van der Waals surface area contributed by atoms with E-state index in [1.54, 1.807) is 6.08 Å². The fourth-order valence-electron chi connectivity index (χ4n) is 3.70. The van der Waals surface area contributed by atoms with E-state index in [0.29, 0.717) is 28.9 Å². The molecule has 1 atom stereocenters. The summed E-state index contributed by atoms with van der Waals surface area (Å²) >= 11 is 0. The predicted octanol–water partition coefficient (Wildman–Crippen LogP) is 0.582. The van der Waals surface area contributed by atoms with Crippen LogP contribution in [0, 0.1) is 0 Å². The van der Waals surface area contributed by atoms with Crippen LogP contribution in [-0.2, 0) is 20.6 Å². The molecule has 1 aliphatic carbocycles. The number of halogens is 3. The topological polar surface area (TPSA) is 66.5 Å². The lowest BCUT2D eigenvalue weighted by Gasteiger charge is -2.30. The molecule has 2 aliphatic heterocycles. The van der Waals surface area contributed by atoms with Crippen LogP contribution in [0.5, 0.6) is 0 Å². The first-order valence-electron chi connectivity index (χ1n) is 7.89. The summed E-state index contributed by atoms with van der Waals surface area (Å²) in [6, 6.07) is 0.988. The molecule has 0 spiro atoms. The highest BCUT2D eigenvalue weighted by molar-refractivity contribution is 6.27. The molecule has 4 rings (SSSR count). The number of hydrogen-bond donors (Lipinski definition) is 1. The third kappa shape index (κ3) is 2.35. The molecule has 3 amide bonds. The van der Waals surface area contributed by atoms with Gasteiger partial charge in [-0.15, -0.1) is 0 Å². The van der Waals surface area contributed by atoms with E-state index in [0.717, 1.165) is 17.0 Å². The fourth-order valence-corrected chi connectivity index (χ4v) is 3.70. The Kier molecular flexibility index (Phi) is 3.28. The molecule has 1 aromatic carbocycles. The molecule has 1 fully saturated rings. The second-order valence-corrected chi connectivity index (χ2v) is 6.32. The number of alkyl halides is 3. The number of hydrogen-bond acceptors (Lipinski definition) is 3. The van der Waals surface area contributed by atoms with Crippen LogP contribution < -0.4 is 20.7 Å². The van der Waals surface area contributed by atoms with Crippen molar-refractivity contribution in [1.29, 1.82) is 0 Å². The van der Waals surface area contributed by atoms with Crippen molar-refractivity contribution in [1.82, 2.24) is 5.32 Å². The van der Waals surface area contributed by atoms with Gasteiger partial charge in [-0.05, 0) is 36.6 Å². The van der Waals surface area contributed by atoms with Crippen LogP contribution in [0.1, 0.15) is 31.2 Å². The van der Waals surface area contributed by atoms with Crippen molar-refractivity contribution >= 4 is 35.1 Å². The zero-order chi connectivity index (χ0) is 17.9. The van der Waals surface area contributed by atoms with E-state index >= 15 is 0 Å². The zero-order valence-electron chi connectivity index (χ0n) is 12.9. The van der Waals surface area contributed by atoms with Gasteiger partial charge >= 0.3 is 6.18 Å². The molecular formula is C17H13F3N2O3. The molecule has 1 N–H and O–H groups in total. The number of anilines is 1. The Morgan fingerprint density at radius 3 is 2.56 bits per heavy atom. The Morgan fingerprint density at radius 2 is 1.88 bits per heavy atom. The molecule has 0 radical (unpaired) electrons. The summed E-state index contributed by atoms with van der Waals surface area (Å²) in [4.78, 5) is 37.4. The van der Waals surface area contributed by atoms with Gasteiger partial charge in [0.25, 0.3) is 5.91 Å². The summed E-state index contributed by atoms with van der Waals surface area (Å²) < 4.78 is 39.7. The Bertz CT molecular complexity index is 949. The van der Waals surface area contributed by atoms with Crippen LogP contribution >= 0.6 is 0 Å². The molecule has 25 heavy (non-hydrogen) atoms. The van der Waals surface area contributed by atoms with Crippen molar-refractivity contribution in [3.8, 4) is 0 Å². The van der Waals surface area contributed by atoms with Gasteiger partial charge in [0.2, 0.25) is 11.8 Å². The number of benzene rings is 1. The molecule has 2 heterocycles. The number of nitrogens with one attached hydrogen (secondary N) is 1. The number of nitrogens with zero attached hydrogens (tertiary/aromatic N) is 1. The smallest absolute Gasteiger partial charge is 0.295 e. The Hall–Kier alpha value is -2.64. The lowest BCUT2D eigenvalue weighted by Crippen LogP contribution is -2.54. The van der Waals surface area contributed by atoms with Gasteiger partial charge in [0.15, 0.2) is 0 Å². The first kappa shape index (κ1) is 15.9. The lowest BCUT2D eigenvalue weighted by atomic mass is 9.99. The van der Waals surface area contributed by atoms with Crippen LogP contribution in [0.2, 0.25) is 0 Å². The first-order chi connectivity index (χ1) is 11.8. The summed E-state index contributed by atoms with van der Waals surface area (Å²) in [5, 5.41) is 3.00. The minimum atomic E-state index is -4.56. The number of amides is 3.